The van der Waals surface area contributed by atoms with Crippen molar-refractivity contribution in [1.82, 2.24) is 9.80 Å². The molecule has 16 heteroatoms. The number of amides is 1. The average Bonchev–Trinajstić information content (AvgIpc) is 3.30. The van der Waals surface area contributed by atoms with Crippen molar-refractivity contribution in [2.45, 2.75) is 63.3 Å². The van der Waals surface area contributed by atoms with Crippen LogP contribution in [0, 0.1) is 11.3 Å². The highest BCUT2D eigenvalue weighted by Gasteiger charge is 2.60. The second kappa shape index (κ2) is 11.6. The Bertz CT molecular complexity index is 1130. The summed E-state index contributed by atoms with van der Waals surface area (Å²) < 4.78 is 122. The van der Waals surface area contributed by atoms with Crippen LogP contribution in [0.5, 0.6) is 0 Å². The molecule has 1 amide bonds. The minimum absolute atomic E-state index is 0.0155. The van der Waals surface area contributed by atoms with Crippen LogP contribution in [0.1, 0.15) is 43.2 Å². The smallest absolute Gasteiger partial charge is 0.434 e. The first-order valence-electron chi connectivity index (χ1n) is 13.4. The number of carboxylic acids is 1. The second-order valence-corrected chi connectivity index (χ2v) is 11.2. The average molecular weight is 620 g/mol. The van der Waals surface area contributed by atoms with Gasteiger partial charge in [0.25, 0.3) is 6.10 Å². The lowest BCUT2D eigenvalue weighted by molar-refractivity contribution is -0.308. The summed E-state index contributed by atoms with van der Waals surface area (Å²) in [5.41, 5.74) is -0.732. The molecule has 3 saturated heterocycles. The molecule has 3 aliphatic rings. The van der Waals surface area contributed by atoms with E-state index in [1.807, 2.05) is 4.90 Å². The van der Waals surface area contributed by atoms with Crippen molar-refractivity contribution in [2.75, 3.05) is 44.2 Å². The number of rotatable bonds is 5. The predicted molar refractivity (Wildman–Crippen MR) is 130 cm³/mol. The summed E-state index contributed by atoms with van der Waals surface area (Å²) in [4.78, 5) is 27.8. The molecule has 0 aliphatic carbocycles. The molecule has 1 aromatic carbocycles. The van der Waals surface area contributed by atoms with E-state index >= 15 is 0 Å². The van der Waals surface area contributed by atoms with Gasteiger partial charge >= 0.3 is 30.6 Å². The molecule has 0 bridgehead atoms. The van der Waals surface area contributed by atoms with Crippen LogP contribution in [-0.2, 0) is 22.3 Å². The Morgan fingerprint density at radius 3 is 2.00 bits per heavy atom. The minimum atomic E-state index is -5.80. The number of nitrogens with zero attached hydrogens (tertiary/aromatic N) is 3. The summed E-state index contributed by atoms with van der Waals surface area (Å²) in [5, 5.41) is 9.20. The number of halogens is 9. The van der Waals surface area contributed by atoms with Crippen LogP contribution in [0.15, 0.2) is 18.2 Å². The molecule has 0 aromatic heterocycles. The first-order valence-corrected chi connectivity index (χ1v) is 13.4. The summed E-state index contributed by atoms with van der Waals surface area (Å²) in [5.74, 6) is -1.58. The number of benzene rings is 1. The number of anilines is 1. The lowest BCUT2D eigenvalue weighted by Crippen LogP contribution is -2.48. The summed E-state index contributed by atoms with van der Waals surface area (Å²) in [6.07, 6.45) is -20.3. The lowest BCUT2D eigenvalue weighted by atomic mass is 9.77. The SMILES string of the molecule is O=C(O)C1CCN(c2cc(CN3CCC4(CC3)CCN(C(=O)OC(C(F)(F)F)C(F)(F)F)C4)ccc2C(F)(F)F)CC1. The molecule has 236 valence electrons. The lowest BCUT2D eigenvalue weighted by Gasteiger charge is -2.39. The van der Waals surface area contributed by atoms with Gasteiger partial charge < -0.3 is 19.6 Å². The zero-order valence-corrected chi connectivity index (χ0v) is 22.3. The molecule has 3 heterocycles. The highest BCUT2D eigenvalue weighted by Crippen LogP contribution is 2.43. The fraction of sp³-hybridized carbons (Fsp3) is 0.692. The van der Waals surface area contributed by atoms with E-state index in [0.29, 0.717) is 44.5 Å². The van der Waals surface area contributed by atoms with Crippen LogP contribution in [0.3, 0.4) is 0 Å². The number of hydrogen-bond donors (Lipinski definition) is 1. The number of hydrogen-bond acceptors (Lipinski definition) is 5. The van der Waals surface area contributed by atoms with Crippen LogP contribution in [0.25, 0.3) is 0 Å². The second-order valence-electron chi connectivity index (χ2n) is 11.2. The number of carbonyl (C=O) groups is 2. The van der Waals surface area contributed by atoms with Gasteiger partial charge in [0.1, 0.15) is 0 Å². The summed E-state index contributed by atoms with van der Waals surface area (Å²) in [7, 11) is 0. The number of carbonyl (C=O) groups excluding carboxylic acids is 1. The van der Waals surface area contributed by atoms with E-state index < -0.39 is 53.6 Å². The molecule has 3 fully saturated rings. The molecule has 0 unspecified atom stereocenters. The van der Waals surface area contributed by atoms with Crippen LogP contribution in [0.2, 0.25) is 0 Å². The highest BCUT2D eigenvalue weighted by molar-refractivity contribution is 5.70. The number of likely N-dealkylation sites (tertiary alicyclic amines) is 2. The number of alkyl halides is 9. The Labute approximate surface area is 235 Å². The zero-order valence-electron chi connectivity index (χ0n) is 22.3. The van der Waals surface area contributed by atoms with Gasteiger partial charge in [-0.15, -0.1) is 0 Å². The van der Waals surface area contributed by atoms with E-state index in [-0.39, 0.29) is 44.7 Å². The Morgan fingerprint density at radius 1 is 0.905 bits per heavy atom. The van der Waals surface area contributed by atoms with Gasteiger partial charge in [-0.2, -0.15) is 39.5 Å². The molecule has 1 N–H and O–H groups in total. The van der Waals surface area contributed by atoms with Crippen LogP contribution in [0.4, 0.5) is 50.0 Å². The van der Waals surface area contributed by atoms with Crippen LogP contribution >= 0.6 is 0 Å². The first kappa shape index (κ1) is 32.0. The number of carboxylic acid groups (broad SMARTS) is 1. The van der Waals surface area contributed by atoms with E-state index in [9.17, 15) is 54.2 Å². The summed E-state index contributed by atoms with van der Waals surface area (Å²) in [6.45, 7) is 1.44. The minimum Gasteiger partial charge on any atom is -0.481 e. The third kappa shape index (κ3) is 7.35. The quantitative estimate of drug-likeness (QED) is 0.413. The summed E-state index contributed by atoms with van der Waals surface area (Å²) in [6, 6.07) is 3.85. The standard InChI is InChI=1S/C26H30F9N3O4/c27-24(28,29)18-2-1-16(13-19(18)37-8-3-17(4-9-37)20(39)40)14-36-10-5-23(6-11-36)7-12-38(15-23)22(41)42-21(25(30,31)32)26(33,34)35/h1-2,13,17,21H,3-12,14-15H2,(H,39,40). The fourth-order valence-electron chi connectivity index (χ4n) is 5.98. The van der Waals surface area contributed by atoms with Gasteiger partial charge in [0.15, 0.2) is 0 Å². The van der Waals surface area contributed by atoms with Crippen molar-refractivity contribution in [2.24, 2.45) is 11.3 Å². The van der Waals surface area contributed by atoms with Gasteiger partial charge in [0, 0.05) is 38.4 Å². The van der Waals surface area contributed by atoms with Crippen molar-refractivity contribution in [1.29, 1.82) is 0 Å². The van der Waals surface area contributed by atoms with Gasteiger partial charge in [-0.05, 0) is 68.3 Å². The zero-order chi connectivity index (χ0) is 31.1. The van der Waals surface area contributed by atoms with E-state index in [1.165, 1.54) is 12.1 Å². The van der Waals surface area contributed by atoms with E-state index in [2.05, 4.69) is 4.74 Å². The third-order valence-corrected chi connectivity index (χ3v) is 8.39. The molecule has 4 rings (SSSR count). The Morgan fingerprint density at radius 2 is 1.48 bits per heavy atom. The van der Waals surface area contributed by atoms with Gasteiger partial charge in [0.05, 0.1) is 11.5 Å². The molecule has 0 saturated carbocycles. The van der Waals surface area contributed by atoms with Crippen molar-refractivity contribution >= 4 is 17.7 Å². The molecule has 1 aromatic rings. The van der Waals surface area contributed by atoms with E-state index in [4.69, 9.17) is 0 Å². The van der Waals surface area contributed by atoms with Gasteiger partial charge in [-0.25, -0.2) is 4.79 Å². The van der Waals surface area contributed by atoms with Crippen molar-refractivity contribution < 1.29 is 58.9 Å². The normalized spacial score (nSPS) is 20.9. The van der Waals surface area contributed by atoms with Crippen LogP contribution in [-0.4, -0.2) is 84.7 Å². The molecule has 1 spiro atoms. The topological polar surface area (TPSA) is 73.3 Å². The Balaban J connectivity index is 1.36. The van der Waals surface area contributed by atoms with Gasteiger partial charge in [-0.1, -0.05) is 6.07 Å². The monoisotopic (exact) mass is 619 g/mol. The Kier molecular flexibility index (Phi) is 8.87. The van der Waals surface area contributed by atoms with Crippen molar-refractivity contribution in [3.05, 3.63) is 29.3 Å². The number of aliphatic carboxylic acids is 1. The summed E-state index contributed by atoms with van der Waals surface area (Å²) >= 11 is 0. The molecule has 3 aliphatic heterocycles. The maximum atomic E-state index is 13.8. The molecule has 0 radical (unpaired) electrons. The predicted octanol–water partition coefficient (Wildman–Crippen LogP) is 5.92. The van der Waals surface area contributed by atoms with Crippen LogP contribution < -0.4 is 4.90 Å². The number of ether oxygens (including phenoxy) is 1. The molecule has 42 heavy (non-hydrogen) atoms. The van der Waals surface area contributed by atoms with Crippen molar-refractivity contribution in [3.63, 3.8) is 0 Å². The molecular weight excluding hydrogens is 589 g/mol. The largest absolute Gasteiger partial charge is 0.481 e. The molecule has 7 nitrogen and oxygen atoms in total. The van der Waals surface area contributed by atoms with Gasteiger partial charge in [-0.3, -0.25) is 9.69 Å². The fourth-order valence-corrected chi connectivity index (χ4v) is 5.98. The highest BCUT2D eigenvalue weighted by atomic mass is 19.4. The number of piperidine rings is 2. The van der Waals surface area contributed by atoms with Crippen molar-refractivity contribution in [3.8, 4) is 0 Å². The maximum Gasteiger partial charge on any atom is 0.434 e. The van der Waals surface area contributed by atoms with E-state index in [0.717, 1.165) is 11.0 Å². The molecule has 0 atom stereocenters. The Hall–Kier alpha value is -2.91. The maximum absolute atomic E-state index is 13.8. The van der Waals surface area contributed by atoms with E-state index in [1.54, 1.807) is 4.90 Å². The third-order valence-electron chi connectivity index (χ3n) is 8.39. The first-order chi connectivity index (χ1) is 19.4. The molecular formula is C26H30F9N3O4. The van der Waals surface area contributed by atoms with Gasteiger partial charge in [0.2, 0.25) is 0 Å².